The molecule has 4 saturated heterocycles. The third-order valence-corrected chi connectivity index (χ3v) is 12.2. The normalized spacial score (nSPS) is 24.9. The maximum Gasteiger partial charge on any atom is 0.409 e. The minimum absolute atomic E-state index is 0.0142. The Morgan fingerprint density at radius 3 is 1.06 bits per heavy atom. The SMILES string of the molecule is NCC1CCN(C(=O)NCC2CCN(C(=O)OC[C@H]3CC[C@H](COC(=O)N4CCC(CNC(=O)N5CCC(CN)CC5)CC4)CC3)CC2)CC1. The Hall–Kier alpha value is -3.00. The lowest BCUT2D eigenvalue weighted by molar-refractivity contribution is 0.0499. The number of piperidine rings is 4. The molecule has 1 saturated carbocycles. The number of amides is 6. The fourth-order valence-electron chi connectivity index (χ4n) is 8.20. The van der Waals surface area contributed by atoms with Crippen LogP contribution < -0.4 is 22.1 Å². The average Bonchev–Trinajstić information content (AvgIpc) is 3.18. The number of ether oxygens (including phenoxy) is 2. The Kier molecular flexibility index (Phi) is 15.0. The summed E-state index contributed by atoms with van der Waals surface area (Å²) in [6.45, 7) is 9.26. The molecule has 50 heavy (non-hydrogen) atoms. The molecule has 14 nitrogen and oxygen atoms in total. The monoisotopic (exact) mass is 704 g/mol. The molecule has 1 aliphatic carbocycles. The molecule has 6 amide bonds. The molecule has 0 aromatic carbocycles. The van der Waals surface area contributed by atoms with Crippen LogP contribution in [0.4, 0.5) is 19.2 Å². The van der Waals surface area contributed by atoms with Gasteiger partial charge in [-0.05, 0) is 126 Å². The number of nitrogens with zero attached hydrogens (tertiary/aromatic N) is 4. The van der Waals surface area contributed by atoms with Gasteiger partial charge in [0.25, 0.3) is 0 Å². The first-order chi connectivity index (χ1) is 24.3. The molecule has 5 aliphatic rings. The van der Waals surface area contributed by atoms with Gasteiger partial charge in [-0.25, -0.2) is 19.2 Å². The van der Waals surface area contributed by atoms with E-state index in [2.05, 4.69) is 10.6 Å². The Balaban J connectivity index is 0.865. The molecule has 6 N–H and O–H groups in total. The van der Waals surface area contributed by atoms with Crippen LogP contribution in [-0.4, -0.2) is 136 Å². The maximum atomic E-state index is 12.8. The first kappa shape index (κ1) is 38.2. The Morgan fingerprint density at radius 2 is 0.740 bits per heavy atom. The van der Waals surface area contributed by atoms with Gasteiger partial charge in [-0.3, -0.25) is 0 Å². The predicted octanol–water partition coefficient (Wildman–Crippen LogP) is 3.25. The molecule has 0 radical (unpaired) electrons. The van der Waals surface area contributed by atoms with E-state index in [-0.39, 0.29) is 24.2 Å². The summed E-state index contributed by atoms with van der Waals surface area (Å²) in [7, 11) is 0. The number of hydrogen-bond donors (Lipinski definition) is 4. The Labute approximate surface area is 298 Å². The molecule has 0 bridgehead atoms. The van der Waals surface area contributed by atoms with Crippen molar-refractivity contribution in [2.24, 2.45) is 47.0 Å². The Morgan fingerprint density at radius 1 is 0.440 bits per heavy atom. The van der Waals surface area contributed by atoms with Gasteiger partial charge in [-0.15, -0.1) is 0 Å². The molecule has 0 spiro atoms. The quantitative estimate of drug-likeness (QED) is 0.268. The molecule has 5 rings (SSSR count). The van der Waals surface area contributed by atoms with E-state index in [1.54, 1.807) is 9.80 Å². The van der Waals surface area contributed by atoms with E-state index in [0.717, 1.165) is 103 Å². The highest BCUT2D eigenvalue weighted by Crippen LogP contribution is 2.30. The van der Waals surface area contributed by atoms with Crippen LogP contribution in [0, 0.1) is 35.5 Å². The average molecular weight is 705 g/mol. The molecule has 0 aromatic rings. The molecular formula is C36H64N8O6. The second-order valence-electron chi connectivity index (χ2n) is 15.6. The van der Waals surface area contributed by atoms with Crippen molar-refractivity contribution in [1.29, 1.82) is 0 Å². The lowest BCUT2D eigenvalue weighted by atomic mass is 9.83. The first-order valence-electron chi connectivity index (χ1n) is 19.6. The van der Waals surface area contributed by atoms with Gasteiger partial charge in [-0.1, -0.05) is 0 Å². The number of hydrogen-bond acceptors (Lipinski definition) is 8. The van der Waals surface area contributed by atoms with E-state index < -0.39 is 0 Å². The molecular weight excluding hydrogens is 640 g/mol. The number of carbonyl (C=O) groups is 4. The minimum atomic E-state index is -0.236. The summed E-state index contributed by atoms with van der Waals surface area (Å²) in [5.74, 6) is 2.47. The topological polar surface area (TPSA) is 176 Å². The number of nitrogens with two attached hydrogens (primary N) is 2. The molecule has 14 heteroatoms. The van der Waals surface area contributed by atoms with Crippen LogP contribution >= 0.6 is 0 Å². The van der Waals surface area contributed by atoms with Gasteiger partial charge in [0.15, 0.2) is 0 Å². The van der Waals surface area contributed by atoms with Crippen LogP contribution in [0.2, 0.25) is 0 Å². The van der Waals surface area contributed by atoms with Crippen molar-refractivity contribution >= 4 is 24.2 Å². The number of rotatable bonds is 10. The van der Waals surface area contributed by atoms with Crippen molar-refractivity contribution < 1.29 is 28.7 Å². The van der Waals surface area contributed by atoms with Crippen LogP contribution in [0.25, 0.3) is 0 Å². The highest BCUT2D eigenvalue weighted by molar-refractivity contribution is 5.74. The van der Waals surface area contributed by atoms with Crippen LogP contribution in [-0.2, 0) is 9.47 Å². The van der Waals surface area contributed by atoms with Gasteiger partial charge >= 0.3 is 24.2 Å². The van der Waals surface area contributed by atoms with Crippen molar-refractivity contribution in [3.63, 3.8) is 0 Å². The molecule has 5 fully saturated rings. The van der Waals surface area contributed by atoms with Crippen LogP contribution in [0.3, 0.4) is 0 Å². The smallest absolute Gasteiger partial charge is 0.409 e. The van der Waals surface area contributed by atoms with Crippen molar-refractivity contribution in [2.75, 3.05) is 91.8 Å². The summed E-state index contributed by atoms with van der Waals surface area (Å²) >= 11 is 0. The van der Waals surface area contributed by atoms with E-state index in [1.165, 1.54) is 0 Å². The lowest BCUT2D eigenvalue weighted by Gasteiger charge is -2.34. The molecule has 0 atom stereocenters. The van der Waals surface area contributed by atoms with Crippen LogP contribution in [0.5, 0.6) is 0 Å². The standard InChI is InChI=1S/C36H64N8O6/c37-21-27-5-13-41(14-6-27)33(45)39-23-29-9-17-43(18-10-29)35(47)49-25-31-1-2-32(4-3-31)26-50-36(48)44-19-11-30(12-20-44)24-40-34(46)42-15-7-28(22-38)8-16-42/h27-32H,1-26,37-38H2,(H,39,45)(H,40,46)/t31-,32-. The Bertz CT molecular complexity index is 990. The number of carbonyl (C=O) groups excluding carboxylic acids is 4. The maximum absolute atomic E-state index is 12.8. The lowest BCUT2D eigenvalue weighted by Crippen LogP contribution is -2.47. The van der Waals surface area contributed by atoms with E-state index in [4.69, 9.17) is 20.9 Å². The van der Waals surface area contributed by atoms with Gasteiger partial charge in [-0.2, -0.15) is 0 Å². The summed E-state index contributed by atoms with van der Waals surface area (Å²) in [4.78, 5) is 58.0. The fraction of sp³-hybridized carbons (Fsp3) is 0.889. The van der Waals surface area contributed by atoms with Gasteiger partial charge in [0.2, 0.25) is 0 Å². The summed E-state index contributed by atoms with van der Waals surface area (Å²) in [5, 5.41) is 6.20. The second-order valence-corrected chi connectivity index (χ2v) is 15.6. The van der Waals surface area contributed by atoms with Crippen LogP contribution in [0.15, 0.2) is 0 Å². The highest BCUT2D eigenvalue weighted by Gasteiger charge is 2.30. The summed E-state index contributed by atoms with van der Waals surface area (Å²) < 4.78 is 11.4. The minimum Gasteiger partial charge on any atom is -0.449 e. The summed E-state index contributed by atoms with van der Waals surface area (Å²) in [6, 6.07) is 0.0285. The zero-order chi connectivity index (χ0) is 35.3. The van der Waals surface area contributed by atoms with Gasteiger partial charge in [0.05, 0.1) is 13.2 Å². The van der Waals surface area contributed by atoms with Gasteiger partial charge < -0.3 is 51.2 Å². The number of urea groups is 2. The van der Waals surface area contributed by atoms with E-state index in [1.807, 2.05) is 9.80 Å². The van der Waals surface area contributed by atoms with Gasteiger partial charge in [0, 0.05) is 65.4 Å². The van der Waals surface area contributed by atoms with Crippen molar-refractivity contribution in [2.45, 2.75) is 77.0 Å². The predicted molar refractivity (Wildman–Crippen MR) is 190 cm³/mol. The van der Waals surface area contributed by atoms with Crippen molar-refractivity contribution in [1.82, 2.24) is 30.2 Å². The third-order valence-electron chi connectivity index (χ3n) is 12.2. The van der Waals surface area contributed by atoms with E-state index >= 15 is 0 Å². The van der Waals surface area contributed by atoms with Gasteiger partial charge in [0.1, 0.15) is 0 Å². The van der Waals surface area contributed by atoms with Crippen molar-refractivity contribution in [3.05, 3.63) is 0 Å². The number of likely N-dealkylation sites (tertiary alicyclic amines) is 4. The first-order valence-corrected chi connectivity index (χ1v) is 19.6. The molecule has 0 unspecified atom stereocenters. The fourth-order valence-corrected chi connectivity index (χ4v) is 8.20. The third kappa shape index (κ3) is 11.5. The molecule has 4 aliphatic heterocycles. The zero-order valence-electron chi connectivity index (χ0n) is 30.2. The highest BCUT2D eigenvalue weighted by atomic mass is 16.6. The molecule has 0 aromatic heterocycles. The molecule has 4 heterocycles. The largest absolute Gasteiger partial charge is 0.449 e. The number of nitrogens with one attached hydrogen (secondary N) is 2. The molecule has 284 valence electrons. The van der Waals surface area contributed by atoms with Crippen molar-refractivity contribution in [3.8, 4) is 0 Å². The zero-order valence-corrected chi connectivity index (χ0v) is 30.2. The summed E-state index contributed by atoms with van der Waals surface area (Å²) in [5.41, 5.74) is 11.5. The van der Waals surface area contributed by atoms with E-state index in [9.17, 15) is 19.2 Å². The van der Waals surface area contributed by atoms with Crippen LogP contribution in [0.1, 0.15) is 77.0 Å². The summed E-state index contributed by atoms with van der Waals surface area (Å²) in [6.07, 6.45) is 10.7. The van der Waals surface area contributed by atoms with E-state index in [0.29, 0.717) is 101 Å². The second kappa shape index (κ2) is 19.6.